The number of rotatable bonds is 2. The molecule has 3 nitrogen and oxygen atoms in total. The lowest BCUT2D eigenvalue weighted by molar-refractivity contribution is -0.115. The Morgan fingerprint density at radius 1 is 1.67 bits per heavy atom. The molecule has 0 unspecified atom stereocenters. The Bertz CT molecular complexity index is 444. The fraction of sp³-hybridized carbons (Fsp3) is 0.111. The molecule has 0 bridgehead atoms. The molecule has 0 heterocycles. The highest BCUT2D eigenvalue weighted by atomic mass is 127. The van der Waals surface area contributed by atoms with Gasteiger partial charge in [0, 0.05) is 4.47 Å². The van der Waals surface area contributed by atoms with Gasteiger partial charge in [-0.3, -0.25) is 4.79 Å². The van der Waals surface area contributed by atoms with Gasteiger partial charge < -0.3 is 5.32 Å². The van der Waals surface area contributed by atoms with Crippen molar-refractivity contribution in [3.8, 4) is 6.07 Å². The van der Waals surface area contributed by atoms with Crippen molar-refractivity contribution in [1.29, 1.82) is 5.26 Å². The number of halogens is 3. The van der Waals surface area contributed by atoms with E-state index in [1.807, 2.05) is 22.6 Å². The van der Waals surface area contributed by atoms with E-state index in [0.717, 1.165) is 0 Å². The van der Waals surface area contributed by atoms with Crippen molar-refractivity contribution >= 4 is 50.1 Å². The lowest BCUT2D eigenvalue weighted by atomic mass is 10.3. The number of hydrogen-bond donors (Lipinski definition) is 1. The third-order valence-corrected chi connectivity index (χ3v) is 3.01. The summed E-state index contributed by atoms with van der Waals surface area (Å²) >= 11 is 5.04. The maximum atomic E-state index is 13.2. The second kappa shape index (κ2) is 5.42. The summed E-state index contributed by atoms with van der Waals surface area (Å²) in [5.41, 5.74) is 0.327. The predicted molar refractivity (Wildman–Crippen MR) is 65.7 cm³/mol. The second-order valence-electron chi connectivity index (χ2n) is 2.63. The predicted octanol–water partition coefficient (Wildman–Crippen LogP) is 3.04. The third-order valence-electron chi connectivity index (χ3n) is 1.52. The van der Waals surface area contributed by atoms with Crippen molar-refractivity contribution in [2.24, 2.45) is 0 Å². The van der Waals surface area contributed by atoms with Crippen molar-refractivity contribution < 1.29 is 9.18 Å². The van der Waals surface area contributed by atoms with Crippen LogP contribution in [0.2, 0.25) is 0 Å². The van der Waals surface area contributed by atoms with E-state index in [1.54, 1.807) is 12.1 Å². The molecule has 78 valence electrons. The largest absolute Gasteiger partial charge is 0.324 e. The fourth-order valence-corrected chi connectivity index (χ4v) is 2.22. The molecule has 1 aromatic rings. The summed E-state index contributed by atoms with van der Waals surface area (Å²) in [4.78, 5) is 11.1. The summed E-state index contributed by atoms with van der Waals surface area (Å²) in [6, 6.07) is 4.47. The van der Waals surface area contributed by atoms with Crippen molar-refractivity contribution in [3.63, 3.8) is 0 Å². The minimum atomic E-state index is -0.459. The number of nitrogens with one attached hydrogen (secondary N) is 1. The standard InChI is InChI=1S/C9H5BrFIN2O/c10-5-3-7(12)6(11)4-8(5)14-9(15)1-2-13/h3-4H,1H2,(H,14,15). The van der Waals surface area contributed by atoms with Gasteiger partial charge in [0.05, 0.1) is 15.3 Å². The Labute approximate surface area is 108 Å². The van der Waals surface area contributed by atoms with Crippen LogP contribution < -0.4 is 5.32 Å². The zero-order chi connectivity index (χ0) is 11.4. The lowest BCUT2D eigenvalue weighted by Gasteiger charge is -2.06. The highest BCUT2D eigenvalue weighted by Crippen LogP contribution is 2.26. The van der Waals surface area contributed by atoms with Gasteiger partial charge in [0.15, 0.2) is 0 Å². The van der Waals surface area contributed by atoms with Crippen LogP contribution >= 0.6 is 38.5 Å². The van der Waals surface area contributed by atoms with Crippen LogP contribution in [0.15, 0.2) is 16.6 Å². The summed E-state index contributed by atoms with van der Waals surface area (Å²) in [6.07, 6.45) is -0.250. The van der Waals surface area contributed by atoms with Gasteiger partial charge in [-0.25, -0.2) is 4.39 Å². The quantitative estimate of drug-likeness (QED) is 0.631. The molecule has 1 amide bonds. The van der Waals surface area contributed by atoms with Gasteiger partial charge in [0.25, 0.3) is 0 Å². The molecule has 1 aromatic carbocycles. The molecule has 0 aliphatic heterocycles. The molecule has 0 atom stereocenters. The first-order valence-corrected chi connectivity index (χ1v) is 5.73. The first-order chi connectivity index (χ1) is 7.04. The molecule has 0 spiro atoms. The highest BCUT2D eigenvalue weighted by Gasteiger charge is 2.08. The van der Waals surface area contributed by atoms with Crippen LogP contribution in [0.1, 0.15) is 6.42 Å². The van der Waals surface area contributed by atoms with E-state index < -0.39 is 11.7 Å². The van der Waals surface area contributed by atoms with Crippen molar-refractivity contribution in [3.05, 3.63) is 26.0 Å². The average Bonchev–Trinajstić information content (AvgIpc) is 2.14. The molecule has 0 radical (unpaired) electrons. The molecule has 1 rings (SSSR count). The number of amides is 1. The zero-order valence-corrected chi connectivity index (χ0v) is 11.1. The lowest BCUT2D eigenvalue weighted by Crippen LogP contribution is -2.11. The van der Waals surface area contributed by atoms with Gasteiger partial charge in [-0.15, -0.1) is 0 Å². The molecule has 0 aromatic heterocycles. The Morgan fingerprint density at radius 3 is 2.93 bits per heavy atom. The van der Waals surface area contributed by atoms with Crippen LogP contribution in [0.3, 0.4) is 0 Å². The maximum Gasteiger partial charge on any atom is 0.238 e. The molecule has 1 N–H and O–H groups in total. The first-order valence-electron chi connectivity index (χ1n) is 3.86. The van der Waals surface area contributed by atoms with Gasteiger partial charge in [-0.1, -0.05) is 0 Å². The third kappa shape index (κ3) is 3.43. The molecule has 0 aliphatic rings. The smallest absolute Gasteiger partial charge is 0.238 e. The van der Waals surface area contributed by atoms with Crippen LogP contribution in [0.4, 0.5) is 10.1 Å². The van der Waals surface area contributed by atoms with E-state index in [9.17, 15) is 9.18 Å². The Balaban J connectivity index is 2.92. The zero-order valence-electron chi connectivity index (χ0n) is 7.35. The van der Waals surface area contributed by atoms with Crippen LogP contribution in [0.25, 0.3) is 0 Å². The van der Waals surface area contributed by atoms with Crippen molar-refractivity contribution in [2.45, 2.75) is 6.42 Å². The summed E-state index contributed by atoms with van der Waals surface area (Å²) in [7, 11) is 0. The van der Waals surface area contributed by atoms with Crippen molar-refractivity contribution in [2.75, 3.05) is 5.32 Å². The molecule has 6 heteroatoms. The minimum absolute atomic E-state index is 0.250. The highest BCUT2D eigenvalue weighted by molar-refractivity contribution is 14.1. The number of hydrogen-bond acceptors (Lipinski definition) is 2. The molecule has 0 saturated carbocycles. The van der Waals surface area contributed by atoms with Crippen molar-refractivity contribution in [1.82, 2.24) is 0 Å². The molecular weight excluding hydrogens is 378 g/mol. The van der Waals surface area contributed by atoms with Crippen LogP contribution in [-0.4, -0.2) is 5.91 Å². The van der Waals surface area contributed by atoms with Gasteiger partial charge in [-0.05, 0) is 50.7 Å². The first kappa shape index (κ1) is 12.4. The fourth-order valence-electron chi connectivity index (χ4n) is 0.885. The van der Waals surface area contributed by atoms with Gasteiger partial charge in [0.2, 0.25) is 5.91 Å². The summed E-state index contributed by atoms with van der Waals surface area (Å²) in [5.74, 6) is -0.870. The normalized spacial score (nSPS) is 9.47. The second-order valence-corrected chi connectivity index (χ2v) is 4.65. The van der Waals surface area contributed by atoms with E-state index in [1.165, 1.54) is 6.07 Å². The Morgan fingerprint density at radius 2 is 2.33 bits per heavy atom. The Kier molecular flexibility index (Phi) is 4.47. The molecule has 0 aliphatic carbocycles. The molecule has 15 heavy (non-hydrogen) atoms. The minimum Gasteiger partial charge on any atom is -0.324 e. The van der Waals surface area contributed by atoms with E-state index in [-0.39, 0.29) is 6.42 Å². The monoisotopic (exact) mass is 382 g/mol. The van der Waals surface area contributed by atoms with E-state index in [2.05, 4.69) is 21.2 Å². The molecule has 0 fully saturated rings. The van der Waals surface area contributed by atoms with E-state index >= 15 is 0 Å². The van der Waals surface area contributed by atoms with Crippen LogP contribution in [0, 0.1) is 20.7 Å². The SMILES string of the molecule is N#CCC(=O)Nc1cc(F)c(I)cc1Br. The number of anilines is 1. The summed E-state index contributed by atoms with van der Waals surface area (Å²) in [6.45, 7) is 0. The number of carbonyl (C=O) groups is 1. The van der Waals surface area contributed by atoms with Gasteiger partial charge >= 0.3 is 0 Å². The Hall–Kier alpha value is -0.680. The van der Waals surface area contributed by atoms with E-state index in [4.69, 9.17) is 5.26 Å². The van der Waals surface area contributed by atoms with Gasteiger partial charge in [0.1, 0.15) is 12.2 Å². The average molecular weight is 383 g/mol. The molecule has 0 saturated heterocycles. The number of nitriles is 1. The van der Waals surface area contributed by atoms with Crippen LogP contribution in [0.5, 0.6) is 0 Å². The number of nitrogens with zero attached hydrogens (tertiary/aromatic N) is 1. The van der Waals surface area contributed by atoms with Gasteiger partial charge in [-0.2, -0.15) is 5.26 Å². The van der Waals surface area contributed by atoms with E-state index in [0.29, 0.717) is 13.7 Å². The number of benzene rings is 1. The summed E-state index contributed by atoms with van der Waals surface area (Å²) in [5, 5.41) is 10.7. The topological polar surface area (TPSA) is 52.9 Å². The number of carbonyl (C=O) groups excluding carboxylic acids is 1. The maximum absolute atomic E-state index is 13.2. The molecular formula is C9H5BrFIN2O. The van der Waals surface area contributed by atoms with Crippen LogP contribution in [-0.2, 0) is 4.79 Å². The summed E-state index contributed by atoms with van der Waals surface area (Å²) < 4.78 is 14.2.